The van der Waals surface area contributed by atoms with Crippen molar-refractivity contribution in [1.82, 2.24) is 0 Å². The quantitative estimate of drug-likeness (QED) is 0.189. The number of fused-ring (bicyclic) bond motifs is 4. The number of halogens is 1. The zero-order valence-electron chi connectivity index (χ0n) is 25.0. The summed E-state index contributed by atoms with van der Waals surface area (Å²) in [7, 11) is 1.66. The zero-order chi connectivity index (χ0) is 30.4. The number of methoxy groups -OCH3 is 1. The van der Waals surface area contributed by atoms with Crippen molar-refractivity contribution in [2.24, 2.45) is 0 Å². The molecule has 0 unspecified atom stereocenters. The van der Waals surface area contributed by atoms with Crippen molar-refractivity contribution in [3.8, 4) is 0 Å². The predicted molar refractivity (Wildman–Crippen MR) is 185 cm³/mol. The summed E-state index contributed by atoms with van der Waals surface area (Å²) in [4.78, 5) is 0. The lowest BCUT2D eigenvalue weighted by atomic mass is 9.64. The van der Waals surface area contributed by atoms with Crippen LogP contribution in [0.4, 0.5) is 4.39 Å². The number of hydrogen-bond donors (Lipinski definition) is 0. The molecular formula is C43H31FO. The van der Waals surface area contributed by atoms with E-state index in [-0.39, 0.29) is 0 Å². The Morgan fingerprint density at radius 1 is 0.356 bits per heavy atom. The molecule has 0 fully saturated rings. The first-order chi connectivity index (χ1) is 22.2. The lowest BCUT2D eigenvalue weighted by molar-refractivity contribution is -0.0874. The number of ether oxygens (including phenoxy) is 1. The van der Waals surface area contributed by atoms with Crippen LogP contribution in [0, 0.1) is 0 Å². The summed E-state index contributed by atoms with van der Waals surface area (Å²) in [6.07, 6.45) is 0. The first-order valence-electron chi connectivity index (χ1n) is 15.3. The van der Waals surface area contributed by atoms with Crippen LogP contribution in [0.5, 0.6) is 0 Å². The summed E-state index contributed by atoms with van der Waals surface area (Å²) >= 11 is 0. The molecule has 0 N–H and O–H groups in total. The van der Waals surface area contributed by atoms with Crippen LogP contribution in [-0.2, 0) is 16.0 Å². The third-order valence-electron chi connectivity index (χ3n) is 9.45. The lowest BCUT2D eigenvalue weighted by Gasteiger charge is -2.47. The van der Waals surface area contributed by atoms with Crippen LogP contribution in [0.15, 0.2) is 170 Å². The van der Waals surface area contributed by atoms with Crippen LogP contribution in [0.2, 0.25) is 0 Å². The fourth-order valence-corrected chi connectivity index (χ4v) is 7.52. The van der Waals surface area contributed by atoms with E-state index in [4.69, 9.17) is 4.74 Å². The smallest absolute Gasteiger partial charge is 0.199 e. The molecule has 0 saturated carbocycles. The molecule has 8 aromatic rings. The van der Waals surface area contributed by atoms with Gasteiger partial charge in [-0.05, 0) is 43.1 Å². The van der Waals surface area contributed by atoms with Crippen molar-refractivity contribution in [3.05, 3.63) is 192 Å². The van der Waals surface area contributed by atoms with E-state index in [0.29, 0.717) is 11.1 Å². The van der Waals surface area contributed by atoms with Gasteiger partial charge in [0.05, 0.1) is 0 Å². The molecule has 216 valence electrons. The van der Waals surface area contributed by atoms with Gasteiger partial charge in [-0.25, -0.2) is 4.39 Å². The van der Waals surface area contributed by atoms with Crippen LogP contribution in [0.25, 0.3) is 43.1 Å². The number of alkyl halides is 1. The molecule has 0 radical (unpaired) electrons. The van der Waals surface area contributed by atoms with E-state index in [9.17, 15) is 0 Å². The summed E-state index contributed by atoms with van der Waals surface area (Å²) in [6.45, 7) is 0. The Hall–Kier alpha value is -5.31. The second-order valence-electron chi connectivity index (χ2n) is 11.7. The first-order valence-corrected chi connectivity index (χ1v) is 15.3. The molecule has 0 amide bonds. The molecule has 2 heteroatoms. The van der Waals surface area contributed by atoms with Crippen molar-refractivity contribution in [3.63, 3.8) is 0 Å². The fourth-order valence-electron chi connectivity index (χ4n) is 7.52. The maximum atomic E-state index is 20.3. The van der Waals surface area contributed by atoms with Crippen LogP contribution in [0.1, 0.15) is 22.3 Å². The molecule has 0 atom stereocenters. The number of benzene rings is 8. The maximum Gasteiger partial charge on any atom is 0.199 e. The van der Waals surface area contributed by atoms with Gasteiger partial charge >= 0.3 is 0 Å². The Morgan fingerprint density at radius 2 is 0.622 bits per heavy atom. The SMILES string of the molecule is COC(c1cccc2ccccc12)(c1cccc2ccccc12)C(F)(c1cccc2ccccc12)c1cccc2ccccc12. The minimum Gasteiger partial charge on any atom is -0.365 e. The maximum absolute atomic E-state index is 20.3. The van der Waals surface area contributed by atoms with Gasteiger partial charge in [-0.2, -0.15) is 0 Å². The molecular weight excluding hydrogens is 551 g/mol. The van der Waals surface area contributed by atoms with E-state index >= 15 is 4.39 Å². The highest BCUT2D eigenvalue weighted by atomic mass is 19.1. The second-order valence-corrected chi connectivity index (χ2v) is 11.7. The van der Waals surface area contributed by atoms with Crippen molar-refractivity contribution in [2.45, 2.75) is 11.3 Å². The van der Waals surface area contributed by atoms with Gasteiger partial charge in [-0.3, -0.25) is 0 Å². The average molecular weight is 583 g/mol. The Kier molecular flexibility index (Phi) is 6.48. The Bertz CT molecular complexity index is 2170. The molecule has 0 aliphatic rings. The predicted octanol–water partition coefficient (Wildman–Crippen LogP) is 11.1. The number of rotatable bonds is 6. The van der Waals surface area contributed by atoms with Crippen LogP contribution in [0.3, 0.4) is 0 Å². The van der Waals surface area contributed by atoms with Crippen LogP contribution < -0.4 is 0 Å². The third kappa shape index (κ3) is 3.96. The van der Waals surface area contributed by atoms with E-state index in [1.54, 1.807) is 7.11 Å². The van der Waals surface area contributed by atoms with Gasteiger partial charge < -0.3 is 4.74 Å². The van der Waals surface area contributed by atoms with E-state index < -0.39 is 11.3 Å². The normalized spacial score (nSPS) is 12.3. The summed E-state index contributed by atoms with van der Waals surface area (Å²) < 4.78 is 27.3. The van der Waals surface area contributed by atoms with E-state index in [1.807, 2.05) is 133 Å². The van der Waals surface area contributed by atoms with E-state index in [0.717, 1.165) is 54.2 Å². The first kappa shape index (κ1) is 27.3. The highest BCUT2D eigenvalue weighted by Gasteiger charge is 2.60. The minimum atomic E-state index is -2.21. The topological polar surface area (TPSA) is 9.23 Å². The summed E-state index contributed by atoms with van der Waals surface area (Å²) in [5.41, 5.74) is -1.19. The second kappa shape index (κ2) is 10.7. The van der Waals surface area contributed by atoms with E-state index in [2.05, 4.69) is 36.4 Å². The zero-order valence-corrected chi connectivity index (χ0v) is 25.0. The third-order valence-corrected chi connectivity index (χ3v) is 9.45. The van der Waals surface area contributed by atoms with Gasteiger partial charge in [0, 0.05) is 29.4 Å². The highest BCUT2D eigenvalue weighted by Crippen LogP contribution is 2.59. The molecule has 8 rings (SSSR count). The van der Waals surface area contributed by atoms with Gasteiger partial charge in [-0.1, -0.05) is 170 Å². The largest absolute Gasteiger partial charge is 0.365 e. The molecule has 1 nitrogen and oxygen atoms in total. The van der Waals surface area contributed by atoms with Gasteiger partial charge in [0.2, 0.25) is 0 Å². The molecule has 8 aromatic carbocycles. The van der Waals surface area contributed by atoms with E-state index in [1.165, 1.54) is 0 Å². The molecule has 0 aromatic heterocycles. The average Bonchev–Trinajstić information content (AvgIpc) is 3.11. The van der Waals surface area contributed by atoms with Crippen LogP contribution >= 0.6 is 0 Å². The Labute approximate surface area is 262 Å². The summed E-state index contributed by atoms with van der Waals surface area (Å²) in [5, 5.41) is 7.56. The number of hydrogen-bond acceptors (Lipinski definition) is 1. The summed E-state index contributed by atoms with van der Waals surface area (Å²) in [6, 6.07) is 56.7. The Balaban J connectivity index is 1.66. The minimum absolute atomic E-state index is 0.555. The monoisotopic (exact) mass is 582 g/mol. The standard InChI is InChI=1S/C43H31FO/c1-45-43(40-28-12-20-32-16-4-8-24-36(32)40,41-29-13-21-33-17-5-9-25-37(33)41)42(44,38-26-10-18-30-14-2-6-22-34(30)38)39-27-11-19-31-15-3-7-23-35(31)39/h2-29H,1H3. The fraction of sp³-hybridized carbons (Fsp3) is 0.0698. The Morgan fingerprint density at radius 3 is 0.956 bits per heavy atom. The molecule has 0 spiro atoms. The lowest BCUT2D eigenvalue weighted by Crippen LogP contribution is -2.50. The van der Waals surface area contributed by atoms with Gasteiger partial charge in [0.25, 0.3) is 0 Å². The summed E-state index contributed by atoms with van der Waals surface area (Å²) in [5.74, 6) is 0. The van der Waals surface area contributed by atoms with Gasteiger partial charge in [-0.15, -0.1) is 0 Å². The molecule has 0 bridgehead atoms. The van der Waals surface area contributed by atoms with Crippen molar-refractivity contribution >= 4 is 43.1 Å². The van der Waals surface area contributed by atoms with Crippen molar-refractivity contribution in [2.75, 3.05) is 7.11 Å². The molecule has 0 saturated heterocycles. The van der Waals surface area contributed by atoms with Gasteiger partial charge in [0.15, 0.2) is 11.3 Å². The van der Waals surface area contributed by atoms with Crippen LogP contribution in [-0.4, -0.2) is 7.11 Å². The molecule has 0 aliphatic heterocycles. The van der Waals surface area contributed by atoms with Crippen molar-refractivity contribution < 1.29 is 9.13 Å². The van der Waals surface area contributed by atoms with Gasteiger partial charge in [0.1, 0.15) is 0 Å². The highest BCUT2D eigenvalue weighted by molar-refractivity contribution is 5.95. The van der Waals surface area contributed by atoms with Crippen molar-refractivity contribution in [1.29, 1.82) is 0 Å². The molecule has 0 aliphatic carbocycles. The molecule has 45 heavy (non-hydrogen) atoms. The molecule has 0 heterocycles.